The Morgan fingerprint density at radius 3 is 2.83 bits per heavy atom. The highest BCUT2D eigenvalue weighted by Gasteiger charge is 2.34. The molecule has 1 aromatic carbocycles. The van der Waals surface area contributed by atoms with Crippen molar-refractivity contribution in [3.05, 3.63) is 30.0 Å². The van der Waals surface area contributed by atoms with Crippen LogP contribution >= 0.6 is 0 Å². The van der Waals surface area contributed by atoms with Crippen LogP contribution in [-0.4, -0.2) is 73.5 Å². The Bertz CT molecular complexity index is 770. The van der Waals surface area contributed by atoms with Gasteiger partial charge >= 0.3 is 0 Å². The summed E-state index contributed by atoms with van der Waals surface area (Å²) in [7, 11) is 5.14. The lowest BCUT2D eigenvalue weighted by atomic mass is 10.1. The Morgan fingerprint density at radius 1 is 1.33 bits per heavy atom. The van der Waals surface area contributed by atoms with E-state index in [1.54, 1.807) is 25.1 Å². The summed E-state index contributed by atoms with van der Waals surface area (Å²) >= 11 is 0. The summed E-state index contributed by atoms with van der Waals surface area (Å²) in [5.74, 6) is 0.391. The zero-order valence-electron chi connectivity index (χ0n) is 14.1. The van der Waals surface area contributed by atoms with E-state index in [1.807, 2.05) is 25.2 Å². The predicted molar refractivity (Wildman–Crippen MR) is 91.2 cm³/mol. The number of amides is 2. The topological polar surface area (TPSA) is 77.7 Å². The first-order valence-electron chi connectivity index (χ1n) is 7.92. The number of hydrogen-bond acceptors (Lipinski definition) is 4. The number of piperazine rings is 1. The van der Waals surface area contributed by atoms with Crippen molar-refractivity contribution in [1.82, 2.24) is 20.1 Å². The van der Waals surface area contributed by atoms with E-state index in [9.17, 15) is 9.59 Å². The molecule has 1 atom stereocenters. The lowest BCUT2D eigenvalue weighted by Crippen LogP contribution is -2.59. The summed E-state index contributed by atoms with van der Waals surface area (Å²) in [6, 6.07) is 6.92. The molecule has 2 heterocycles. The average molecular weight is 330 g/mol. The molecule has 1 fully saturated rings. The van der Waals surface area contributed by atoms with Crippen LogP contribution in [0.2, 0.25) is 0 Å². The van der Waals surface area contributed by atoms with Crippen LogP contribution in [0.4, 0.5) is 0 Å². The Kier molecular flexibility index (Phi) is 4.44. The molecular formula is C17H22N4O3. The molecule has 1 aliphatic rings. The van der Waals surface area contributed by atoms with E-state index in [4.69, 9.17) is 4.74 Å². The Labute approximate surface area is 140 Å². The van der Waals surface area contributed by atoms with Gasteiger partial charge in [0.25, 0.3) is 5.91 Å². The molecule has 0 radical (unpaired) electrons. The summed E-state index contributed by atoms with van der Waals surface area (Å²) < 4.78 is 5.34. The average Bonchev–Trinajstić information content (AvgIpc) is 3.04. The third kappa shape index (κ3) is 2.82. The van der Waals surface area contributed by atoms with Gasteiger partial charge in [-0.15, -0.1) is 0 Å². The van der Waals surface area contributed by atoms with Gasteiger partial charge in [-0.2, -0.15) is 0 Å². The first-order chi connectivity index (χ1) is 11.5. The summed E-state index contributed by atoms with van der Waals surface area (Å²) in [5.41, 5.74) is 1.30. The minimum absolute atomic E-state index is 0.149. The van der Waals surface area contributed by atoms with Crippen molar-refractivity contribution >= 4 is 22.7 Å². The number of nitrogens with zero attached hydrogens (tertiary/aromatic N) is 2. The van der Waals surface area contributed by atoms with E-state index >= 15 is 0 Å². The Hall–Kier alpha value is -2.54. The minimum Gasteiger partial charge on any atom is -0.496 e. The van der Waals surface area contributed by atoms with Crippen molar-refractivity contribution in [3.8, 4) is 5.75 Å². The number of carbonyl (C=O) groups excluding carboxylic acids is 2. The standard InChI is InChI=1S/C17H22N4O3/c1-18-16(22)14-10-20(2)7-8-21(14)17(23)13-9-11-12(19-13)5-4-6-15(11)24-3/h4-6,9,14,19H,7-8,10H2,1-3H3,(H,18,22). The number of carbonyl (C=O) groups is 2. The summed E-state index contributed by atoms with van der Waals surface area (Å²) in [6.45, 7) is 1.78. The summed E-state index contributed by atoms with van der Waals surface area (Å²) in [5, 5.41) is 3.50. The smallest absolute Gasteiger partial charge is 0.271 e. The number of aromatic amines is 1. The molecule has 3 rings (SSSR count). The van der Waals surface area contributed by atoms with E-state index in [1.165, 1.54) is 0 Å². The normalized spacial score (nSPS) is 18.6. The van der Waals surface area contributed by atoms with Crippen molar-refractivity contribution in [2.75, 3.05) is 40.8 Å². The number of rotatable bonds is 3. The SMILES string of the molecule is CNC(=O)C1CN(C)CCN1C(=O)c1cc2c(OC)cccc2[nH]1. The second kappa shape index (κ2) is 6.52. The third-order valence-corrected chi connectivity index (χ3v) is 4.47. The largest absolute Gasteiger partial charge is 0.496 e. The van der Waals surface area contributed by atoms with E-state index in [0.717, 1.165) is 17.4 Å². The van der Waals surface area contributed by atoms with Crippen LogP contribution in [-0.2, 0) is 4.79 Å². The van der Waals surface area contributed by atoms with Crippen molar-refractivity contribution < 1.29 is 14.3 Å². The maximum Gasteiger partial charge on any atom is 0.271 e. The minimum atomic E-state index is -0.491. The van der Waals surface area contributed by atoms with Crippen molar-refractivity contribution in [1.29, 1.82) is 0 Å². The molecule has 2 amide bonds. The molecule has 0 bridgehead atoms. The van der Waals surface area contributed by atoms with Gasteiger partial charge in [0.1, 0.15) is 17.5 Å². The molecule has 24 heavy (non-hydrogen) atoms. The van der Waals surface area contributed by atoms with Crippen LogP contribution < -0.4 is 10.1 Å². The number of benzene rings is 1. The van der Waals surface area contributed by atoms with Crippen molar-refractivity contribution in [2.24, 2.45) is 0 Å². The molecule has 2 N–H and O–H groups in total. The number of nitrogens with one attached hydrogen (secondary N) is 2. The number of ether oxygens (including phenoxy) is 1. The molecule has 7 nitrogen and oxygen atoms in total. The van der Waals surface area contributed by atoms with Crippen molar-refractivity contribution in [2.45, 2.75) is 6.04 Å². The van der Waals surface area contributed by atoms with Gasteiger partial charge in [0.15, 0.2) is 0 Å². The molecule has 7 heteroatoms. The lowest BCUT2D eigenvalue weighted by molar-refractivity contribution is -0.126. The monoisotopic (exact) mass is 330 g/mol. The van der Waals surface area contributed by atoms with Gasteiger partial charge in [0.2, 0.25) is 5.91 Å². The lowest BCUT2D eigenvalue weighted by Gasteiger charge is -2.38. The van der Waals surface area contributed by atoms with Crippen LogP contribution in [0, 0.1) is 0 Å². The highest BCUT2D eigenvalue weighted by molar-refractivity contribution is 6.01. The van der Waals surface area contributed by atoms with Crippen LogP contribution in [0.3, 0.4) is 0 Å². The molecule has 0 spiro atoms. The van der Waals surface area contributed by atoms with E-state index in [-0.39, 0.29) is 11.8 Å². The highest BCUT2D eigenvalue weighted by Crippen LogP contribution is 2.27. The summed E-state index contributed by atoms with van der Waals surface area (Å²) in [4.78, 5) is 32.0. The fourth-order valence-electron chi connectivity index (χ4n) is 3.13. The van der Waals surface area contributed by atoms with Gasteiger partial charge in [-0.3, -0.25) is 9.59 Å². The molecular weight excluding hydrogens is 308 g/mol. The zero-order valence-corrected chi connectivity index (χ0v) is 14.1. The van der Waals surface area contributed by atoms with Gasteiger partial charge in [-0.1, -0.05) is 6.07 Å². The zero-order chi connectivity index (χ0) is 17.3. The maximum atomic E-state index is 13.0. The second-order valence-electron chi connectivity index (χ2n) is 6.00. The fourth-order valence-corrected chi connectivity index (χ4v) is 3.13. The first-order valence-corrected chi connectivity index (χ1v) is 7.92. The molecule has 1 aromatic heterocycles. The van der Waals surface area contributed by atoms with Gasteiger partial charge in [-0.05, 0) is 25.2 Å². The Balaban J connectivity index is 1.93. The van der Waals surface area contributed by atoms with Gasteiger partial charge in [-0.25, -0.2) is 0 Å². The first kappa shape index (κ1) is 16.3. The predicted octanol–water partition coefficient (Wildman–Crippen LogP) is 0.679. The van der Waals surface area contributed by atoms with Gasteiger partial charge < -0.3 is 24.8 Å². The number of aromatic nitrogens is 1. The third-order valence-electron chi connectivity index (χ3n) is 4.47. The molecule has 1 aliphatic heterocycles. The molecule has 0 aliphatic carbocycles. The van der Waals surface area contributed by atoms with E-state index < -0.39 is 6.04 Å². The van der Waals surface area contributed by atoms with E-state index in [2.05, 4.69) is 15.2 Å². The van der Waals surface area contributed by atoms with Crippen molar-refractivity contribution in [3.63, 3.8) is 0 Å². The quantitative estimate of drug-likeness (QED) is 0.867. The van der Waals surface area contributed by atoms with Crippen LogP contribution in [0.1, 0.15) is 10.5 Å². The van der Waals surface area contributed by atoms with Gasteiger partial charge in [0, 0.05) is 37.6 Å². The number of fused-ring (bicyclic) bond motifs is 1. The second-order valence-corrected chi connectivity index (χ2v) is 6.00. The number of methoxy groups -OCH3 is 1. The molecule has 128 valence electrons. The Morgan fingerprint density at radius 2 is 2.12 bits per heavy atom. The number of hydrogen-bond donors (Lipinski definition) is 2. The summed E-state index contributed by atoms with van der Waals surface area (Å²) in [6.07, 6.45) is 0. The number of likely N-dealkylation sites (N-methyl/N-ethyl adjacent to an activating group) is 2. The molecule has 1 unspecified atom stereocenters. The molecule has 2 aromatic rings. The number of H-pyrrole nitrogens is 1. The maximum absolute atomic E-state index is 13.0. The van der Waals surface area contributed by atoms with Gasteiger partial charge in [0.05, 0.1) is 7.11 Å². The van der Waals surface area contributed by atoms with Crippen LogP contribution in [0.25, 0.3) is 10.9 Å². The molecule has 1 saturated heterocycles. The van der Waals surface area contributed by atoms with Crippen LogP contribution in [0.15, 0.2) is 24.3 Å². The van der Waals surface area contributed by atoms with E-state index in [0.29, 0.717) is 24.5 Å². The highest BCUT2D eigenvalue weighted by atomic mass is 16.5. The molecule has 0 saturated carbocycles. The fraction of sp³-hybridized carbons (Fsp3) is 0.412. The van der Waals surface area contributed by atoms with Crippen LogP contribution in [0.5, 0.6) is 5.75 Å².